The van der Waals surface area contributed by atoms with Crippen LogP contribution < -0.4 is 4.90 Å². The van der Waals surface area contributed by atoms with Gasteiger partial charge in [-0.15, -0.1) is 0 Å². The summed E-state index contributed by atoms with van der Waals surface area (Å²) in [5.41, 5.74) is 3.74. The predicted octanol–water partition coefficient (Wildman–Crippen LogP) is 3.63. The average molecular weight is 422 g/mol. The summed E-state index contributed by atoms with van der Waals surface area (Å²) in [6.07, 6.45) is 1.75. The maximum absolute atomic E-state index is 12.2. The monoisotopic (exact) mass is 421 g/mol. The van der Waals surface area contributed by atoms with E-state index in [9.17, 15) is 8.42 Å². The first-order chi connectivity index (χ1) is 11.8. The second-order valence-corrected chi connectivity index (χ2v) is 9.05. The van der Waals surface area contributed by atoms with Crippen LogP contribution >= 0.6 is 15.9 Å². The van der Waals surface area contributed by atoms with Crippen molar-refractivity contribution in [1.82, 2.24) is 4.41 Å². The zero-order valence-corrected chi connectivity index (χ0v) is 16.8. The Morgan fingerprint density at radius 2 is 1.68 bits per heavy atom. The molecular formula is C18H20BrN3O2S. The van der Waals surface area contributed by atoms with E-state index in [1.807, 2.05) is 67.5 Å². The van der Waals surface area contributed by atoms with Crippen LogP contribution in [0.25, 0.3) is 0 Å². The minimum Gasteiger partial charge on any atom is -0.378 e. The lowest BCUT2D eigenvalue weighted by Gasteiger charge is -2.21. The predicted molar refractivity (Wildman–Crippen MR) is 105 cm³/mol. The van der Waals surface area contributed by atoms with Crippen LogP contribution in [0.1, 0.15) is 23.6 Å². The van der Waals surface area contributed by atoms with Gasteiger partial charge in [-0.05, 0) is 35.4 Å². The molecule has 5 nitrogen and oxygen atoms in total. The zero-order valence-electron chi connectivity index (χ0n) is 14.3. The Bertz CT molecular complexity index is 891. The van der Waals surface area contributed by atoms with Gasteiger partial charge in [0.15, 0.2) is 0 Å². The summed E-state index contributed by atoms with van der Waals surface area (Å²) in [6.45, 7) is 0. The van der Waals surface area contributed by atoms with Crippen LogP contribution in [-0.4, -0.2) is 38.9 Å². The van der Waals surface area contributed by atoms with E-state index in [1.165, 1.54) is 10.7 Å². The molecule has 25 heavy (non-hydrogen) atoms. The third-order valence-electron chi connectivity index (χ3n) is 4.18. The van der Waals surface area contributed by atoms with E-state index < -0.39 is 10.0 Å². The third kappa shape index (κ3) is 3.88. The molecule has 1 aliphatic rings. The summed E-state index contributed by atoms with van der Waals surface area (Å²) in [6, 6.07) is 15.4. The van der Waals surface area contributed by atoms with Gasteiger partial charge >= 0.3 is 0 Å². The van der Waals surface area contributed by atoms with E-state index in [0.29, 0.717) is 6.42 Å². The molecule has 1 heterocycles. The fraction of sp³-hybridized carbons (Fsp3) is 0.278. The van der Waals surface area contributed by atoms with Gasteiger partial charge in [0.25, 0.3) is 0 Å². The second-order valence-electron chi connectivity index (χ2n) is 6.30. The van der Waals surface area contributed by atoms with Gasteiger partial charge < -0.3 is 4.90 Å². The van der Waals surface area contributed by atoms with Crippen molar-refractivity contribution >= 4 is 37.4 Å². The maximum atomic E-state index is 12.2. The fourth-order valence-electron chi connectivity index (χ4n) is 2.85. The molecule has 0 N–H and O–H groups in total. The van der Waals surface area contributed by atoms with Crippen molar-refractivity contribution in [3.63, 3.8) is 0 Å². The largest absolute Gasteiger partial charge is 0.378 e. The van der Waals surface area contributed by atoms with Crippen LogP contribution in [0.4, 0.5) is 5.69 Å². The molecule has 2 aromatic carbocycles. The molecule has 7 heteroatoms. The van der Waals surface area contributed by atoms with Crippen LogP contribution in [0, 0.1) is 0 Å². The smallest absolute Gasteiger partial charge is 0.247 e. The highest BCUT2D eigenvalue weighted by Gasteiger charge is 2.34. The lowest BCUT2D eigenvalue weighted by atomic mass is 9.99. The molecule has 0 bridgehead atoms. The molecule has 132 valence electrons. The summed E-state index contributed by atoms with van der Waals surface area (Å²) in [5, 5.41) is 4.42. The van der Waals surface area contributed by atoms with Gasteiger partial charge in [0, 0.05) is 30.7 Å². The molecule has 1 atom stereocenters. The molecule has 0 spiro atoms. The Morgan fingerprint density at radius 1 is 1.08 bits per heavy atom. The molecule has 0 aromatic heterocycles. The topological polar surface area (TPSA) is 53.0 Å². The van der Waals surface area contributed by atoms with Crippen LogP contribution in [0.15, 0.2) is 58.1 Å². The summed E-state index contributed by atoms with van der Waals surface area (Å²) in [5.74, 6) is 0. The average Bonchev–Trinajstić information content (AvgIpc) is 3.01. The highest BCUT2D eigenvalue weighted by Crippen LogP contribution is 2.35. The third-order valence-corrected chi connectivity index (χ3v) is 5.73. The lowest BCUT2D eigenvalue weighted by Crippen LogP contribution is -2.25. The quantitative estimate of drug-likeness (QED) is 0.756. The molecule has 0 radical (unpaired) electrons. The standard InChI is InChI=1S/C18H20BrN3O2S/c1-21(2)16-10-6-13(7-11-16)17-12-18(22(20-17)25(3,23)24)14-4-8-15(19)9-5-14/h4-11,18H,12H2,1-3H3/t18-/m1/s1. The number of hydrazone groups is 1. The summed E-state index contributed by atoms with van der Waals surface area (Å²) >= 11 is 3.41. The van der Waals surface area contributed by atoms with Gasteiger partial charge in [-0.2, -0.15) is 9.52 Å². The van der Waals surface area contributed by atoms with Crippen molar-refractivity contribution < 1.29 is 8.42 Å². The van der Waals surface area contributed by atoms with Gasteiger partial charge in [0.05, 0.1) is 18.0 Å². The van der Waals surface area contributed by atoms with Gasteiger partial charge in [-0.1, -0.05) is 40.2 Å². The summed E-state index contributed by atoms with van der Waals surface area (Å²) < 4.78 is 26.6. The highest BCUT2D eigenvalue weighted by atomic mass is 79.9. The minimum absolute atomic E-state index is 0.313. The van der Waals surface area contributed by atoms with Crippen molar-refractivity contribution in [3.05, 3.63) is 64.1 Å². The number of hydrogen-bond acceptors (Lipinski definition) is 4. The van der Waals surface area contributed by atoms with E-state index in [0.717, 1.165) is 27.0 Å². The van der Waals surface area contributed by atoms with E-state index in [4.69, 9.17) is 0 Å². The van der Waals surface area contributed by atoms with Crippen LogP contribution in [-0.2, 0) is 10.0 Å². The van der Waals surface area contributed by atoms with Crippen molar-refractivity contribution in [2.45, 2.75) is 12.5 Å². The first kappa shape index (κ1) is 17.9. The van der Waals surface area contributed by atoms with E-state index in [-0.39, 0.29) is 6.04 Å². The number of anilines is 1. The summed E-state index contributed by atoms with van der Waals surface area (Å²) in [4.78, 5) is 2.02. The van der Waals surface area contributed by atoms with E-state index in [1.54, 1.807) is 0 Å². The number of nitrogens with zero attached hydrogens (tertiary/aromatic N) is 3. The SMILES string of the molecule is CN(C)c1ccc(C2=NN(S(C)(=O)=O)[C@@H](c3ccc(Br)cc3)C2)cc1. The molecule has 0 unspecified atom stereocenters. The number of hydrogen-bond donors (Lipinski definition) is 0. The Labute approximate surface area is 157 Å². The van der Waals surface area contributed by atoms with Crippen molar-refractivity contribution in [2.75, 3.05) is 25.3 Å². The minimum atomic E-state index is -3.45. The van der Waals surface area contributed by atoms with Crippen molar-refractivity contribution in [2.24, 2.45) is 5.10 Å². The van der Waals surface area contributed by atoms with Gasteiger partial charge in [0.2, 0.25) is 10.0 Å². The fourth-order valence-corrected chi connectivity index (χ4v) is 4.02. The Balaban J connectivity index is 1.95. The number of benzene rings is 2. The first-order valence-corrected chi connectivity index (χ1v) is 10.5. The molecule has 0 saturated carbocycles. The number of halogens is 1. The van der Waals surface area contributed by atoms with Gasteiger partial charge in [-0.3, -0.25) is 0 Å². The molecule has 1 aliphatic heterocycles. The van der Waals surface area contributed by atoms with Crippen LogP contribution in [0.5, 0.6) is 0 Å². The molecule has 0 saturated heterocycles. The normalized spacial score (nSPS) is 17.5. The molecule has 2 aromatic rings. The molecule has 0 aliphatic carbocycles. The Morgan fingerprint density at radius 3 is 2.20 bits per heavy atom. The van der Waals surface area contributed by atoms with E-state index in [2.05, 4.69) is 21.0 Å². The van der Waals surface area contributed by atoms with Gasteiger partial charge in [-0.25, -0.2) is 8.42 Å². The van der Waals surface area contributed by atoms with Crippen molar-refractivity contribution in [1.29, 1.82) is 0 Å². The highest BCUT2D eigenvalue weighted by molar-refractivity contribution is 9.10. The van der Waals surface area contributed by atoms with Crippen LogP contribution in [0.2, 0.25) is 0 Å². The maximum Gasteiger partial charge on any atom is 0.247 e. The second kappa shape index (κ2) is 6.80. The Kier molecular flexibility index (Phi) is 4.88. The number of sulfonamides is 1. The molecule has 0 fully saturated rings. The lowest BCUT2D eigenvalue weighted by molar-refractivity contribution is 0.375. The Hall–Kier alpha value is -1.86. The zero-order chi connectivity index (χ0) is 18.2. The number of rotatable bonds is 4. The first-order valence-electron chi connectivity index (χ1n) is 7.86. The van der Waals surface area contributed by atoms with Crippen LogP contribution in [0.3, 0.4) is 0 Å². The molecule has 0 amide bonds. The van der Waals surface area contributed by atoms with Gasteiger partial charge in [0.1, 0.15) is 0 Å². The molecule has 3 rings (SSSR count). The molecular weight excluding hydrogens is 402 g/mol. The van der Waals surface area contributed by atoms with E-state index >= 15 is 0 Å². The summed E-state index contributed by atoms with van der Waals surface area (Å²) in [7, 11) is 0.520. The van der Waals surface area contributed by atoms with Crippen molar-refractivity contribution in [3.8, 4) is 0 Å².